The third-order valence-electron chi connectivity index (χ3n) is 3.62. The molecule has 3 N–H and O–H groups in total. The minimum absolute atomic E-state index is 0.269. The molecule has 0 fully saturated rings. The summed E-state index contributed by atoms with van der Waals surface area (Å²) in [6.45, 7) is 1.39. The summed E-state index contributed by atoms with van der Waals surface area (Å²) in [7, 11) is 0. The monoisotopic (exact) mass is 323 g/mol. The molecule has 2 aromatic heterocycles. The van der Waals surface area contributed by atoms with Crippen molar-refractivity contribution in [2.24, 2.45) is 0 Å². The van der Waals surface area contributed by atoms with Gasteiger partial charge in [-0.3, -0.25) is 9.59 Å². The van der Waals surface area contributed by atoms with Crippen LogP contribution >= 0.6 is 0 Å². The average molecular weight is 323 g/mol. The lowest BCUT2D eigenvalue weighted by molar-refractivity contribution is -0.125. The Hall–Kier alpha value is -3.22. The number of rotatable bonds is 5. The molecule has 122 valence electrons. The van der Waals surface area contributed by atoms with Crippen molar-refractivity contribution >= 4 is 28.5 Å². The molecule has 7 nitrogen and oxygen atoms in total. The van der Waals surface area contributed by atoms with E-state index in [-0.39, 0.29) is 11.8 Å². The van der Waals surface area contributed by atoms with Crippen LogP contribution in [0.15, 0.2) is 48.8 Å². The lowest BCUT2D eigenvalue weighted by Crippen LogP contribution is -2.44. The quantitative estimate of drug-likeness (QED) is 0.664. The summed E-state index contributed by atoms with van der Waals surface area (Å²) < 4.78 is 0. The van der Waals surface area contributed by atoms with Crippen LogP contribution in [0.5, 0.6) is 0 Å². The van der Waals surface area contributed by atoms with Gasteiger partial charge in [-0.15, -0.1) is 5.10 Å². The molecule has 2 heterocycles. The Morgan fingerprint density at radius 3 is 2.79 bits per heavy atom. The van der Waals surface area contributed by atoms with Gasteiger partial charge in [0.2, 0.25) is 11.8 Å². The lowest BCUT2D eigenvalue weighted by atomic mass is 10.0. The second kappa shape index (κ2) is 6.91. The predicted octanol–water partition coefficient (Wildman–Crippen LogP) is 1.64. The summed E-state index contributed by atoms with van der Waals surface area (Å²) in [4.78, 5) is 27.2. The maximum absolute atomic E-state index is 12.5. The van der Waals surface area contributed by atoms with E-state index >= 15 is 0 Å². The van der Waals surface area contributed by atoms with E-state index in [2.05, 4.69) is 25.8 Å². The zero-order chi connectivity index (χ0) is 16.9. The highest BCUT2D eigenvalue weighted by Gasteiger charge is 2.22. The second-order valence-corrected chi connectivity index (χ2v) is 5.41. The Balaban J connectivity index is 1.81. The number of nitrogens with one attached hydrogen (secondary N) is 3. The molecule has 1 aromatic carbocycles. The first-order valence-electron chi connectivity index (χ1n) is 7.54. The molecule has 0 spiro atoms. The van der Waals surface area contributed by atoms with Crippen LogP contribution in [0.3, 0.4) is 0 Å². The van der Waals surface area contributed by atoms with Gasteiger partial charge in [-0.05, 0) is 23.8 Å². The summed E-state index contributed by atoms with van der Waals surface area (Å²) >= 11 is 0. The van der Waals surface area contributed by atoms with Gasteiger partial charge in [0.1, 0.15) is 6.04 Å². The van der Waals surface area contributed by atoms with Gasteiger partial charge in [-0.25, -0.2) is 0 Å². The van der Waals surface area contributed by atoms with Gasteiger partial charge in [0.05, 0.1) is 0 Å². The van der Waals surface area contributed by atoms with E-state index < -0.39 is 6.04 Å². The standard InChI is InChI=1S/C17H17N5O2/c1-11(23)20-15(17(24)21-16-7-4-8-19-22-16)9-12-10-18-14-6-3-2-5-13(12)14/h2-8,10,15,18H,9H2,1H3,(H,20,23)(H,21,22,24). The second-order valence-electron chi connectivity index (χ2n) is 5.41. The molecule has 3 rings (SSSR count). The SMILES string of the molecule is CC(=O)NC(Cc1c[nH]c2ccccc12)C(=O)Nc1cccnn1. The first-order chi connectivity index (χ1) is 11.6. The molecule has 2 amide bonds. The number of aromatic amines is 1. The van der Waals surface area contributed by atoms with Crippen molar-refractivity contribution in [1.82, 2.24) is 20.5 Å². The topological polar surface area (TPSA) is 99.8 Å². The fourth-order valence-corrected chi connectivity index (χ4v) is 2.56. The molecular weight excluding hydrogens is 306 g/mol. The van der Waals surface area contributed by atoms with Gasteiger partial charge >= 0.3 is 0 Å². The Bertz CT molecular complexity index is 860. The molecule has 0 aliphatic rings. The molecule has 3 aromatic rings. The minimum atomic E-state index is -0.705. The fraction of sp³-hybridized carbons (Fsp3) is 0.176. The van der Waals surface area contributed by atoms with Crippen LogP contribution in [-0.4, -0.2) is 33.0 Å². The number of anilines is 1. The molecule has 0 saturated heterocycles. The molecule has 1 unspecified atom stereocenters. The van der Waals surface area contributed by atoms with E-state index in [9.17, 15) is 9.59 Å². The van der Waals surface area contributed by atoms with Gasteiger partial charge in [0.15, 0.2) is 5.82 Å². The number of hydrogen-bond donors (Lipinski definition) is 3. The number of aromatic nitrogens is 3. The number of nitrogens with zero attached hydrogens (tertiary/aromatic N) is 2. The van der Waals surface area contributed by atoms with Crippen LogP contribution in [-0.2, 0) is 16.0 Å². The van der Waals surface area contributed by atoms with Crippen LogP contribution in [0.4, 0.5) is 5.82 Å². The van der Waals surface area contributed by atoms with Gasteiger partial charge in [-0.1, -0.05) is 18.2 Å². The Kier molecular flexibility index (Phi) is 4.51. The van der Waals surface area contributed by atoms with Crippen LogP contribution < -0.4 is 10.6 Å². The largest absolute Gasteiger partial charge is 0.361 e. The Labute approximate surface area is 138 Å². The predicted molar refractivity (Wildman–Crippen MR) is 90.3 cm³/mol. The molecule has 1 atom stereocenters. The molecule has 0 bridgehead atoms. The van der Waals surface area contributed by atoms with Gasteiger partial charge < -0.3 is 15.6 Å². The van der Waals surface area contributed by atoms with E-state index in [1.165, 1.54) is 13.1 Å². The maximum Gasteiger partial charge on any atom is 0.248 e. The number of fused-ring (bicyclic) bond motifs is 1. The number of benzene rings is 1. The van der Waals surface area contributed by atoms with Crippen molar-refractivity contribution in [2.45, 2.75) is 19.4 Å². The third kappa shape index (κ3) is 3.57. The van der Waals surface area contributed by atoms with Crippen LogP contribution in [0, 0.1) is 0 Å². The molecule has 7 heteroatoms. The number of amides is 2. The number of carbonyl (C=O) groups excluding carboxylic acids is 2. The number of para-hydroxylation sites is 1. The van der Waals surface area contributed by atoms with E-state index in [1.807, 2.05) is 30.5 Å². The normalized spacial score (nSPS) is 11.9. The van der Waals surface area contributed by atoms with E-state index in [0.29, 0.717) is 12.2 Å². The van der Waals surface area contributed by atoms with Gasteiger partial charge in [0.25, 0.3) is 0 Å². The summed E-state index contributed by atoms with van der Waals surface area (Å²) in [5.74, 6) is -0.262. The summed E-state index contributed by atoms with van der Waals surface area (Å²) in [5.41, 5.74) is 1.95. The molecular formula is C17H17N5O2. The number of H-pyrrole nitrogens is 1. The highest BCUT2D eigenvalue weighted by molar-refractivity contribution is 5.97. The lowest BCUT2D eigenvalue weighted by Gasteiger charge is -2.17. The van der Waals surface area contributed by atoms with Crippen LogP contribution in [0.1, 0.15) is 12.5 Å². The van der Waals surface area contributed by atoms with Gasteiger partial charge in [-0.2, -0.15) is 5.10 Å². The molecule has 0 aliphatic carbocycles. The van der Waals surface area contributed by atoms with Crippen molar-refractivity contribution < 1.29 is 9.59 Å². The highest BCUT2D eigenvalue weighted by Crippen LogP contribution is 2.19. The molecule has 0 aliphatic heterocycles. The van der Waals surface area contributed by atoms with Crippen molar-refractivity contribution in [1.29, 1.82) is 0 Å². The average Bonchev–Trinajstić information content (AvgIpc) is 2.98. The van der Waals surface area contributed by atoms with Crippen molar-refractivity contribution in [3.63, 3.8) is 0 Å². The van der Waals surface area contributed by atoms with E-state index in [4.69, 9.17) is 0 Å². The molecule has 24 heavy (non-hydrogen) atoms. The fourth-order valence-electron chi connectivity index (χ4n) is 2.56. The maximum atomic E-state index is 12.5. The van der Waals surface area contributed by atoms with E-state index in [0.717, 1.165) is 16.5 Å². The van der Waals surface area contributed by atoms with Crippen molar-refractivity contribution in [2.75, 3.05) is 5.32 Å². The summed E-state index contributed by atoms with van der Waals surface area (Å²) in [5, 5.41) is 13.9. The van der Waals surface area contributed by atoms with Crippen LogP contribution in [0.2, 0.25) is 0 Å². The smallest absolute Gasteiger partial charge is 0.248 e. The zero-order valence-electron chi connectivity index (χ0n) is 13.1. The van der Waals surface area contributed by atoms with Gasteiger partial charge in [0, 0.05) is 36.6 Å². The molecule has 0 saturated carbocycles. The van der Waals surface area contributed by atoms with Crippen molar-refractivity contribution in [3.8, 4) is 0 Å². The summed E-state index contributed by atoms with van der Waals surface area (Å²) in [6, 6.07) is 10.4. The first kappa shape index (κ1) is 15.7. The highest BCUT2D eigenvalue weighted by atomic mass is 16.2. The minimum Gasteiger partial charge on any atom is -0.361 e. The molecule has 0 radical (unpaired) electrons. The Morgan fingerprint density at radius 1 is 1.21 bits per heavy atom. The Morgan fingerprint density at radius 2 is 2.04 bits per heavy atom. The number of carbonyl (C=O) groups is 2. The van der Waals surface area contributed by atoms with Crippen molar-refractivity contribution in [3.05, 3.63) is 54.4 Å². The zero-order valence-corrected chi connectivity index (χ0v) is 13.1. The first-order valence-corrected chi connectivity index (χ1v) is 7.54. The van der Waals surface area contributed by atoms with E-state index in [1.54, 1.807) is 12.1 Å². The summed E-state index contributed by atoms with van der Waals surface area (Å²) in [6.07, 6.45) is 3.75. The number of hydrogen-bond acceptors (Lipinski definition) is 4. The third-order valence-corrected chi connectivity index (χ3v) is 3.62. The van der Waals surface area contributed by atoms with Crippen LogP contribution in [0.25, 0.3) is 10.9 Å².